The van der Waals surface area contributed by atoms with Crippen LogP contribution in [0.15, 0.2) is 24.3 Å². The van der Waals surface area contributed by atoms with Crippen LogP contribution in [0.2, 0.25) is 0 Å². The first kappa shape index (κ1) is 8.08. The van der Waals surface area contributed by atoms with Crippen molar-refractivity contribution in [2.75, 3.05) is 7.11 Å². The predicted molar refractivity (Wildman–Crippen MR) is 43.5 cm³/mol. The summed E-state index contributed by atoms with van der Waals surface area (Å²) in [4.78, 5) is 0. The maximum absolute atomic E-state index is 8.97. The van der Waals surface area contributed by atoms with Gasteiger partial charge in [0, 0.05) is 7.11 Å². The third kappa shape index (κ3) is 1.95. The van der Waals surface area contributed by atoms with Crippen molar-refractivity contribution in [2.24, 2.45) is 0 Å². The fraction of sp³-hybridized carbons (Fsp3) is 0.333. The molecule has 0 aromatic heterocycles. The molecular weight excluding hydrogens is 140 g/mol. The van der Waals surface area contributed by atoms with Gasteiger partial charge in [0.2, 0.25) is 0 Å². The van der Waals surface area contributed by atoms with Gasteiger partial charge in [-0.3, -0.25) is 0 Å². The SMILES string of the molecule is CO[C@@H](C)c1ccc(O)cc1. The largest absolute Gasteiger partial charge is 0.508 e. The summed E-state index contributed by atoms with van der Waals surface area (Å²) < 4.78 is 5.09. The lowest BCUT2D eigenvalue weighted by molar-refractivity contribution is 0.119. The van der Waals surface area contributed by atoms with E-state index in [4.69, 9.17) is 9.84 Å². The van der Waals surface area contributed by atoms with Crippen molar-refractivity contribution >= 4 is 0 Å². The number of benzene rings is 1. The van der Waals surface area contributed by atoms with Gasteiger partial charge in [-0.1, -0.05) is 12.1 Å². The fourth-order valence-electron chi connectivity index (χ4n) is 0.881. The Morgan fingerprint density at radius 2 is 1.82 bits per heavy atom. The van der Waals surface area contributed by atoms with E-state index >= 15 is 0 Å². The molecule has 1 N–H and O–H groups in total. The quantitative estimate of drug-likeness (QED) is 0.703. The molecule has 0 saturated carbocycles. The minimum Gasteiger partial charge on any atom is -0.508 e. The first-order valence-electron chi connectivity index (χ1n) is 3.55. The van der Waals surface area contributed by atoms with Gasteiger partial charge >= 0.3 is 0 Å². The van der Waals surface area contributed by atoms with E-state index in [1.165, 1.54) is 0 Å². The monoisotopic (exact) mass is 152 g/mol. The molecule has 1 rings (SSSR count). The van der Waals surface area contributed by atoms with E-state index in [1.807, 2.05) is 19.1 Å². The Kier molecular flexibility index (Phi) is 2.49. The Hall–Kier alpha value is -1.02. The molecule has 1 aromatic carbocycles. The van der Waals surface area contributed by atoms with Crippen LogP contribution in [0.5, 0.6) is 5.75 Å². The molecule has 1 atom stereocenters. The van der Waals surface area contributed by atoms with Gasteiger partial charge in [-0.15, -0.1) is 0 Å². The van der Waals surface area contributed by atoms with Crippen LogP contribution >= 0.6 is 0 Å². The van der Waals surface area contributed by atoms with Gasteiger partial charge in [-0.05, 0) is 24.6 Å². The number of methoxy groups -OCH3 is 1. The van der Waals surface area contributed by atoms with Gasteiger partial charge in [-0.2, -0.15) is 0 Å². The molecular formula is C9H12O2. The molecule has 0 unspecified atom stereocenters. The van der Waals surface area contributed by atoms with Crippen molar-refractivity contribution in [3.63, 3.8) is 0 Å². The molecule has 0 aliphatic carbocycles. The third-order valence-electron chi connectivity index (χ3n) is 1.72. The second-order valence-corrected chi connectivity index (χ2v) is 2.47. The van der Waals surface area contributed by atoms with Gasteiger partial charge in [-0.25, -0.2) is 0 Å². The van der Waals surface area contributed by atoms with Crippen LogP contribution in [0, 0.1) is 0 Å². The number of hydrogen-bond acceptors (Lipinski definition) is 2. The lowest BCUT2D eigenvalue weighted by Crippen LogP contribution is -1.94. The van der Waals surface area contributed by atoms with Crippen LogP contribution in [0.25, 0.3) is 0 Å². The van der Waals surface area contributed by atoms with Gasteiger partial charge in [0.1, 0.15) is 5.75 Å². The number of hydrogen-bond donors (Lipinski definition) is 1. The highest BCUT2D eigenvalue weighted by atomic mass is 16.5. The molecule has 2 nitrogen and oxygen atoms in total. The Morgan fingerprint density at radius 3 is 2.27 bits per heavy atom. The van der Waals surface area contributed by atoms with Crippen molar-refractivity contribution in [2.45, 2.75) is 13.0 Å². The third-order valence-corrected chi connectivity index (χ3v) is 1.72. The summed E-state index contributed by atoms with van der Waals surface area (Å²) in [6, 6.07) is 7.02. The highest BCUT2D eigenvalue weighted by molar-refractivity contribution is 5.26. The minimum absolute atomic E-state index is 0.0931. The van der Waals surface area contributed by atoms with E-state index in [9.17, 15) is 0 Å². The molecule has 0 bridgehead atoms. The predicted octanol–water partition coefficient (Wildman–Crippen LogP) is 2.10. The molecule has 1 aromatic rings. The Bertz CT molecular complexity index is 216. The van der Waals surface area contributed by atoms with E-state index < -0.39 is 0 Å². The average molecular weight is 152 g/mol. The van der Waals surface area contributed by atoms with E-state index in [-0.39, 0.29) is 11.9 Å². The summed E-state index contributed by atoms with van der Waals surface area (Å²) in [5.41, 5.74) is 1.07. The van der Waals surface area contributed by atoms with Crippen molar-refractivity contribution < 1.29 is 9.84 Å². The van der Waals surface area contributed by atoms with Crippen LogP contribution in [0.1, 0.15) is 18.6 Å². The average Bonchev–Trinajstić information content (AvgIpc) is 2.05. The zero-order valence-electron chi connectivity index (χ0n) is 6.74. The van der Waals surface area contributed by atoms with E-state index in [2.05, 4.69) is 0 Å². The first-order valence-corrected chi connectivity index (χ1v) is 3.55. The number of phenols is 1. The highest BCUT2D eigenvalue weighted by Gasteiger charge is 2.01. The van der Waals surface area contributed by atoms with Gasteiger partial charge in [0.05, 0.1) is 6.10 Å². The topological polar surface area (TPSA) is 29.5 Å². The van der Waals surface area contributed by atoms with Crippen LogP contribution in [0.4, 0.5) is 0 Å². The molecule has 0 radical (unpaired) electrons. The second-order valence-electron chi connectivity index (χ2n) is 2.47. The number of phenolic OH excluding ortho intramolecular Hbond substituents is 1. The van der Waals surface area contributed by atoms with E-state index in [1.54, 1.807) is 19.2 Å². The second kappa shape index (κ2) is 3.39. The number of rotatable bonds is 2. The molecule has 0 aliphatic rings. The summed E-state index contributed by atoms with van der Waals surface area (Å²) >= 11 is 0. The molecule has 0 spiro atoms. The van der Waals surface area contributed by atoms with Crippen LogP contribution in [-0.2, 0) is 4.74 Å². The molecule has 0 heterocycles. The summed E-state index contributed by atoms with van der Waals surface area (Å²) in [5, 5.41) is 8.97. The van der Waals surface area contributed by atoms with Crippen molar-refractivity contribution in [1.29, 1.82) is 0 Å². The van der Waals surface area contributed by atoms with Gasteiger partial charge < -0.3 is 9.84 Å². The van der Waals surface area contributed by atoms with E-state index in [0.717, 1.165) is 5.56 Å². The molecule has 11 heavy (non-hydrogen) atoms. The van der Waals surface area contributed by atoms with E-state index in [0.29, 0.717) is 0 Å². The minimum atomic E-state index is 0.0931. The Balaban J connectivity index is 2.81. The van der Waals surface area contributed by atoms with Crippen molar-refractivity contribution in [3.05, 3.63) is 29.8 Å². The maximum Gasteiger partial charge on any atom is 0.115 e. The standard InChI is InChI=1S/C9H12O2/c1-7(11-2)8-3-5-9(10)6-4-8/h3-7,10H,1-2H3/t7-/m0/s1. The lowest BCUT2D eigenvalue weighted by Gasteiger charge is -2.08. The lowest BCUT2D eigenvalue weighted by atomic mass is 10.1. The van der Waals surface area contributed by atoms with Crippen molar-refractivity contribution in [3.8, 4) is 5.75 Å². The first-order chi connectivity index (χ1) is 5.24. The summed E-state index contributed by atoms with van der Waals surface area (Å²) in [6.45, 7) is 1.96. The molecule has 2 heteroatoms. The van der Waals surface area contributed by atoms with Gasteiger partial charge in [0.15, 0.2) is 0 Å². The van der Waals surface area contributed by atoms with Crippen molar-refractivity contribution in [1.82, 2.24) is 0 Å². The van der Waals surface area contributed by atoms with Crippen LogP contribution in [0.3, 0.4) is 0 Å². The smallest absolute Gasteiger partial charge is 0.115 e. The molecule has 60 valence electrons. The molecule has 0 saturated heterocycles. The maximum atomic E-state index is 8.97. The zero-order valence-corrected chi connectivity index (χ0v) is 6.74. The van der Waals surface area contributed by atoms with Crippen LogP contribution < -0.4 is 0 Å². The summed E-state index contributed by atoms with van der Waals surface area (Å²) in [7, 11) is 1.66. The highest BCUT2D eigenvalue weighted by Crippen LogP contribution is 2.18. The summed E-state index contributed by atoms with van der Waals surface area (Å²) in [5.74, 6) is 0.289. The number of aromatic hydroxyl groups is 1. The Morgan fingerprint density at radius 1 is 1.27 bits per heavy atom. The molecule has 0 aliphatic heterocycles. The zero-order chi connectivity index (χ0) is 8.27. The Labute approximate surface area is 66.4 Å². The normalized spacial score (nSPS) is 12.9. The molecule has 0 amide bonds. The summed E-state index contributed by atoms with van der Waals surface area (Å²) in [6.07, 6.45) is 0.0931. The van der Waals surface area contributed by atoms with Crippen LogP contribution in [-0.4, -0.2) is 12.2 Å². The molecule has 0 fully saturated rings. The fourth-order valence-corrected chi connectivity index (χ4v) is 0.881. The number of ether oxygens (including phenoxy) is 1. The van der Waals surface area contributed by atoms with Gasteiger partial charge in [0.25, 0.3) is 0 Å².